The highest BCUT2D eigenvalue weighted by molar-refractivity contribution is 5.39. The number of nitrogens with zero attached hydrogens (tertiary/aromatic N) is 3. The van der Waals surface area contributed by atoms with Gasteiger partial charge in [-0.2, -0.15) is 5.10 Å². The minimum Gasteiger partial charge on any atom is -0.493 e. The molecule has 0 bridgehead atoms. The Morgan fingerprint density at radius 3 is 2.92 bits per heavy atom. The molecule has 2 aliphatic heterocycles. The molecule has 2 aromatic rings. The molecular formula is C19H25N3O2. The van der Waals surface area contributed by atoms with Gasteiger partial charge in [-0.1, -0.05) is 12.1 Å². The molecule has 0 radical (unpaired) electrons. The van der Waals surface area contributed by atoms with E-state index in [9.17, 15) is 0 Å². The Morgan fingerprint density at radius 2 is 2.08 bits per heavy atom. The summed E-state index contributed by atoms with van der Waals surface area (Å²) in [5, 5.41) is 13.5. The van der Waals surface area contributed by atoms with Crippen LogP contribution in [0.3, 0.4) is 0 Å². The lowest BCUT2D eigenvalue weighted by Crippen LogP contribution is -2.33. The van der Waals surface area contributed by atoms with Crippen LogP contribution in [0.1, 0.15) is 35.6 Å². The summed E-state index contributed by atoms with van der Waals surface area (Å²) in [5.41, 5.74) is 4.02. The highest BCUT2D eigenvalue weighted by Crippen LogP contribution is 2.30. The van der Waals surface area contributed by atoms with Crippen molar-refractivity contribution >= 4 is 0 Å². The summed E-state index contributed by atoms with van der Waals surface area (Å²) in [6.45, 7) is 4.82. The van der Waals surface area contributed by atoms with Gasteiger partial charge in [0.25, 0.3) is 0 Å². The molecule has 0 spiro atoms. The van der Waals surface area contributed by atoms with E-state index in [4.69, 9.17) is 9.84 Å². The fraction of sp³-hybridized carbons (Fsp3) is 0.526. The van der Waals surface area contributed by atoms with Crippen molar-refractivity contribution in [2.24, 2.45) is 0 Å². The fourth-order valence-electron chi connectivity index (χ4n) is 3.95. The molecule has 0 amide bonds. The highest BCUT2D eigenvalue weighted by atomic mass is 16.5. The Hall–Kier alpha value is -1.85. The van der Waals surface area contributed by atoms with Crippen LogP contribution < -0.4 is 4.74 Å². The Bertz CT molecular complexity index is 690. The number of ether oxygens (including phenoxy) is 1. The number of likely N-dealkylation sites (tertiary alicyclic amines) is 1. The van der Waals surface area contributed by atoms with Crippen LogP contribution >= 0.6 is 0 Å². The summed E-state index contributed by atoms with van der Waals surface area (Å²) < 4.78 is 7.55. The number of piperidine rings is 1. The maximum absolute atomic E-state index is 9.16. The predicted molar refractivity (Wildman–Crippen MR) is 92.2 cm³/mol. The second-order valence-corrected chi connectivity index (χ2v) is 6.79. The van der Waals surface area contributed by atoms with Gasteiger partial charge >= 0.3 is 0 Å². The van der Waals surface area contributed by atoms with Gasteiger partial charge in [-0.15, -0.1) is 0 Å². The van der Waals surface area contributed by atoms with Crippen molar-refractivity contribution in [2.45, 2.75) is 38.3 Å². The van der Waals surface area contributed by atoms with Gasteiger partial charge in [-0.3, -0.25) is 9.58 Å². The standard InChI is InChI=1S/C19H25N3O2/c23-11-10-22-18(3-7-20-22)16-4-8-21(9-5-16)14-15-1-2-19-17(13-15)6-12-24-19/h1-3,7,13,16,23H,4-6,8-12,14H2. The van der Waals surface area contributed by atoms with E-state index in [0.717, 1.165) is 51.3 Å². The van der Waals surface area contributed by atoms with Gasteiger partial charge in [0.1, 0.15) is 5.75 Å². The lowest BCUT2D eigenvalue weighted by molar-refractivity contribution is 0.199. The van der Waals surface area contributed by atoms with Gasteiger partial charge in [0.2, 0.25) is 0 Å². The molecule has 5 nitrogen and oxygen atoms in total. The first-order chi connectivity index (χ1) is 11.8. The molecule has 24 heavy (non-hydrogen) atoms. The van der Waals surface area contributed by atoms with Gasteiger partial charge < -0.3 is 9.84 Å². The fourth-order valence-corrected chi connectivity index (χ4v) is 3.95. The van der Waals surface area contributed by atoms with E-state index < -0.39 is 0 Å². The number of hydrogen-bond acceptors (Lipinski definition) is 4. The Labute approximate surface area is 142 Å². The molecule has 0 saturated carbocycles. The van der Waals surface area contributed by atoms with Crippen molar-refractivity contribution in [3.05, 3.63) is 47.3 Å². The topological polar surface area (TPSA) is 50.5 Å². The van der Waals surface area contributed by atoms with Crippen molar-refractivity contribution in [1.82, 2.24) is 14.7 Å². The first-order valence-electron chi connectivity index (χ1n) is 8.93. The lowest BCUT2D eigenvalue weighted by Gasteiger charge is -2.32. The summed E-state index contributed by atoms with van der Waals surface area (Å²) in [6.07, 6.45) is 5.21. The number of aliphatic hydroxyl groups excluding tert-OH is 1. The Morgan fingerprint density at radius 1 is 1.21 bits per heavy atom. The summed E-state index contributed by atoms with van der Waals surface area (Å²) in [7, 11) is 0. The molecule has 0 atom stereocenters. The predicted octanol–water partition coefficient (Wildman–Crippen LogP) is 2.19. The molecule has 128 valence electrons. The second kappa shape index (κ2) is 6.95. The Balaban J connectivity index is 1.35. The molecule has 1 aromatic carbocycles. The molecule has 2 aliphatic rings. The van der Waals surface area contributed by atoms with Crippen molar-refractivity contribution in [3.8, 4) is 5.75 Å². The van der Waals surface area contributed by atoms with E-state index in [-0.39, 0.29) is 6.61 Å². The van der Waals surface area contributed by atoms with E-state index >= 15 is 0 Å². The molecular weight excluding hydrogens is 302 g/mol. The number of hydrogen-bond donors (Lipinski definition) is 1. The summed E-state index contributed by atoms with van der Waals surface area (Å²) in [6, 6.07) is 8.74. The van der Waals surface area contributed by atoms with E-state index in [0.29, 0.717) is 12.5 Å². The van der Waals surface area contributed by atoms with Crippen LogP contribution in [0.4, 0.5) is 0 Å². The first kappa shape index (κ1) is 15.7. The first-order valence-corrected chi connectivity index (χ1v) is 8.93. The van der Waals surface area contributed by atoms with E-state index in [1.54, 1.807) is 0 Å². The van der Waals surface area contributed by atoms with Crippen LogP contribution in [0.25, 0.3) is 0 Å². The number of benzene rings is 1. The molecule has 3 heterocycles. The van der Waals surface area contributed by atoms with Crippen LogP contribution in [0.2, 0.25) is 0 Å². The normalized spacial score (nSPS) is 18.5. The van der Waals surface area contributed by atoms with Crippen LogP contribution in [-0.4, -0.2) is 46.1 Å². The maximum atomic E-state index is 9.16. The Kier molecular flexibility index (Phi) is 4.54. The number of fused-ring (bicyclic) bond motifs is 1. The molecule has 0 aliphatic carbocycles. The molecule has 0 unspecified atom stereocenters. The van der Waals surface area contributed by atoms with Crippen molar-refractivity contribution < 1.29 is 9.84 Å². The van der Waals surface area contributed by atoms with E-state index in [1.807, 2.05) is 10.9 Å². The smallest absolute Gasteiger partial charge is 0.122 e. The number of rotatable bonds is 5. The zero-order valence-electron chi connectivity index (χ0n) is 14.0. The van der Waals surface area contributed by atoms with Crippen molar-refractivity contribution in [3.63, 3.8) is 0 Å². The molecule has 1 N–H and O–H groups in total. The van der Waals surface area contributed by atoms with Gasteiger partial charge in [0, 0.05) is 30.8 Å². The SMILES string of the molecule is OCCn1nccc1C1CCN(Cc2ccc3c(c2)CCO3)CC1. The van der Waals surface area contributed by atoms with Crippen LogP contribution in [-0.2, 0) is 19.5 Å². The third-order valence-corrected chi connectivity index (χ3v) is 5.23. The molecule has 4 rings (SSSR count). The summed E-state index contributed by atoms with van der Waals surface area (Å²) in [4.78, 5) is 2.54. The zero-order valence-corrected chi connectivity index (χ0v) is 14.0. The summed E-state index contributed by atoms with van der Waals surface area (Å²) >= 11 is 0. The largest absolute Gasteiger partial charge is 0.493 e. The maximum Gasteiger partial charge on any atom is 0.122 e. The third kappa shape index (κ3) is 3.19. The third-order valence-electron chi connectivity index (χ3n) is 5.23. The minimum atomic E-state index is 0.148. The van der Waals surface area contributed by atoms with Crippen LogP contribution in [0, 0.1) is 0 Å². The van der Waals surface area contributed by atoms with Gasteiger partial charge in [0.15, 0.2) is 0 Å². The van der Waals surface area contributed by atoms with Gasteiger partial charge in [-0.05, 0) is 49.2 Å². The number of aromatic nitrogens is 2. The molecule has 1 fully saturated rings. The van der Waals surface area contributed by atoms with E-state index in [2.05, 4.69) is 34.3 Å². The van der Waals surface area contributed by atoms with Gasteiger partial charge in [0.05, 0.1) is 19.8 Å². The minimum absolute atomic E-state index is 0.148. The zero-order chi connectivity index (χ0) is 16.4. The average Bonchev–Trinajstić information content (AvgIpc) is 3.25. The van der Waals surface area contributed by atoms with Crippen LogP contribution in [0.15, 0.2) is 30.5 Å². The number of aliphatic hydroxyl groups is 1. The quantitative estimate of drug-likeness (QED) is 0.915. The molecule has 1 aromatic heterocycles. The summed E-state index contributed by atoms with van der Waals surface area (Å²) in [5.74, 6) is 1.62. The highest BCUT2D eigenvalue weighted by Gasteiger charge is 2.23. The van der Waals surface area contributed by atoms with Crippen LogP contribution in [0.5, 0.6) is 5.75 Å². The van der Waals surface area contributed by atoms with Crippen molar-refractivity contribution in [1.29, 1.82) is 0 Å². The van der Waals surface area contributed by atoms with Gasteiger partial charge in [-0.25, -0.2) is 0 Å². The second-order valence-electron chi connectivity index (χ2n) is 6.79. The van der Waals surface area contributed by atoms with Crippen molar-refractivity contribution in [2.75, 3.05) is 26.3 Å². The average molecular weight is 327 g/mol. The lowest BCUT2D eigenvalue weighted by atomic mass is 9.93. The monoisotopic (exact) mass is 327 g/mol. The molecule has 1 saturated heterocycles. The molecule has 5 heteroatoms. The van der Waals surface area contributed by atoms with E-state index in [1.165, 1.54) is 16.8 Å².